The van der Waals surface area contributed by atoms with Crippen LogP contribution < -0.4 is 5.73 Å². The zero-order valence-corrected chi connectivity index (χ0v) is 14.0. The molecule has 1 saturated heterocycles. The van der Waals surface area contributed by atoms with E-state index in [4.69, 9.17) is 20.7 Å². The Morgan fingerprint density at radius 2 is 2.04 bits per heavy atom. The van der Waals surface area contributed by atoms with Gasteiger partial charge in [-0.25, -0.2) is 0 Å². The lowest BCUT2D eigenvalue weighted by Crippen LogP contribution is -2.24. The molecule has 0 aliphatic carbocycles. The maximum absolute atomic E-state index is 12.2. The molecule has 0 amide bonds. The number of hydroxylamine groups is 2. The van der Waals surface area contributed by atoms with Gasteiger partial charge in [0.25, 0.3) is 0 Å². The third kappa shape index (κ3) is 3.87. The van der Waals surface area contributed by atoms with Crippen molar-refractivity contribution in [3.05, 3.63) is 71.3 Å². The fourth-order valence-electron chi connectivity index (χ4n) is 3.01. The van der Waals surface area contributed by atoms with Gasteiger partial charge in [0.2, 0.25) is 0 Å². The molecule has 0 unspecified atom stereocenters. The second kappa shape index (κ2) is 7.46. The van der Waals surface area contributed by atoms with E-state index in [1.165, 1.54) is 7.11 Å². The molecule has 0 saturated carbocycles. The van der Waals surface area contributed by atoms with Gasteiger partial charge in [0.1, 0.15) is 17.9 Å². The van der Waals surface area contributed by atoms with Crippen molar-refractivity contribution >= 4 is 11.8 Å². The highest BCUT2D eigenvalue weighted by Crippen LogP contribution is 2.36. The number of nitrogens with zero attached hydrogens (tertiary/aromatic N) is 1. The lowest BCUT2D eigenvalue weighted by molar-refractivity contribution is -0.161. The number of carbonyl (C=O) groups excluding carboxylic acids is 1. The number of hydrogen-bond donors (Lipinski definition) is 2. The van der Waals surface area contributed by atoms with Crippen LogP contribution in [-0.2, 0) is 20.9 Å². The Morgan fingerprint density at radius 1 is 1.28 bits per heavy atom. The van der Waals surface area contributed by atoms with Gasteiger partial charge < -0.3 is 10.5 Å². The summed E-state index contributed by atoms with van der Waals surface area (Å²) in [5.74, 6) is -0.764. The minimum Gasteiger partial charge on any atom is -0.469 e. The van der Waals surface area contributed by atoms with Crippen LogP contribution in [0.1, 0.15) is 22.8 Å². The summed E-state index contributed by atoms with van der Waals surface area (Å²) in [5.41, 5.74) is 8.08. The molecule has 2 atom stereocenters. The highest BCUT2D eigenvalue weighted by atomic mass is 16.7. The molecule has 6 heteroatoms. The Bertz CT molecular complexity index is 764. The maximum atomic E-state index is 12.2. The predicted molar refractivity (Wildman–Crippen MR) is 93.6 cm³/mol. The van der Waals surface area contributed by atoms with Crippen molar-refractivity contribution < 1.29 is 14.4 Å². The van der Waals surface area contributed by atoms with E-state index in [2.05, 4.69) is 0 Å². The zero-order valence-electron chi connectivity index (χ0n) is 14.0. The summed E-state index contributed by atoms with van der Waals surface area (Å²) in [6, 6.07) is 17.2. The monoisotopic (exact) mass is 339 g/mol. The predicted octanol–water partition coefficient (Wildman–Crippen LogP) is 2.25. The molecule has 0 spiro atoms. The molecule has 0 aromatic heterocycles. The van der Waals surface area contributed by atoms with Crippen molar-refractivity contribution in [3.63, 3.8) is 0 Å². The Labute approximate surface area is 146 Å². The maximum Gasteiger partial charge on any atom is 0.313 e. The van der Waals surface area contributed by atoms with Crippen LogP contribution in [-0.4, -0.2) is 30.5 Å². The quantitative estimate of drug-likeness (QED) is 0.495. The van der Waals surface area contributed by atoms with E-state index in [1.807, 2.05) is 42.5 Å². The number of esters is 1. The van der Waals surface area contributed by atoms with Gasteiger partial charge in [-0.3, -0.25) is 15.0 Å². The molecule has 3 rings (SSSR count). The first-order valence-corrected chi connectivity index (χ1v) is 8.06. The number of amidine groups is 1. The van der Waals surface area contributed by atoms with E-state index in [0.29, 0.717) is 18.7 Å². The number of ether oxygens (including phenoxy) is 1. The molecule has 25 heavy (non-hydrogen) atoms. The third-order valence-electron chi connectivity index (χ3n) is 4.26. The van der Waals surface area contributed by atoms with Gasteiger partial charge in [-0.1, -0.05) is 48.5 Å². The van der Waals surface area contributed by atoms with Crippen LogP contribution in [0.3, 0.4) is 0 Å². The Morgan fingerprint density at radius 3 is 2.72 bits per heavy atom. The number of hydrogen-bond acceptors (Lipinski definition) is 5. The van der Waals surface area contributed by atoms with E-state index in [0.717, 1.165) is 11.1 Å². The average Bonchev–Trinajstić information content (AvgIpc) is 3.06. The molecular weight excluding hydrogens is 318 g/mol. The number of nitrogens with one attached hydrogen (secondary N) is 1. The first-order chi connectivity index (χ1) is 12.1. The summed E-state index contributed by atoms with van der Waals surface area (Å²) >= 11 is 0. The first-order valence-electron chi connectivity index (χ1n) is 8.06. The van der Waals surface area contributed by atoms with Gasteiger partial charge in [-0.05, 0) is 17.2 Å². The lowest BCUT2D eigenvalue weighted by Gasteiger charge is -2.18. The Kier molecular flexibility index (Phi) is 5.11. The van der Waals surface area contributed by atoms with Crippen molar-refractivity contribution in [1.82, 2.24) is 5.06 Å². The molecule has 1 aliphatic rings. The first kappa shape index (κ1) is 17.1. The summed E-state index contributed by atoms with van der Waals surface area (Å²) in [5, 5.41) is 9.38. The minimum absolute atomic E-state index is 0.0180. The molecule has 2 aromatic rings. The summed E-state index contributed by atoms with van der Waals surface area (Å²) in [4.78, 5) is 18.3. The standard InChI is InChI=1S/C19H21N3O3/c1-24-19(23)16-12-22(11-13-6-3-2-4-7-13)25-17(16)14-8-5-9-15(10-14)18(20)21/h2-10,16-17H,11-12H2,1H3,(H3,20,21)/t16-,17+/m0/s1. The number of rotatable bonds is 5. The summed E-state index contributed by atoms with van der Waals surface area (Å²) in [6.07, 6.45) is -0.463. The van der Waals surface area contributed by atoms with E-state index in [9.17, 15) is 4.79 Å². The van der Waals surface area contributed by atoms with Crippen molar-refractivity contribution in [2.24, 2.45) is 11.7 Å². The summed E-state index contributed by atoms with van der Waals surface area (Å²) < 4.78 is 4.95. The minimum atomic E-state index is -0.463. The van der Waals surface area contributed by atoms with Gasteiger partial charge in [-0.15, -0.1) is 0 Å². The molecule has 1 fully saturated rings. The van der Waals surface area contributed by atoms with E-state index in [1.54, 1.807) is 17.2 Å². The highest BCUT2D eigenvalue weighted by Gasteiger charge is 2.41. The largest absolute Gasteiger partial charge is 0.469 e. The molecule has 1 aliphatic heterocycles. The van der Waals surface area contributed by atoms with Gasteiger partial charge in [0.05, 0.1) is 7.11 Å². The van der Waals surface area contributed by atoms with Crippen molar-refractivity contribution in [1.29, 1.82) is 5.41 Å². The van der Waals surface area contributed by atoms with E-state index >= 15 is 0 Å². The zero-order chi connectivity index (χ0) is 17.8. The second-order valence-corrected chi connectivity index (χ2v) is 6.00. The average molecular weight is 339 g/mol. The molecular formula is C19H21N3O3. The molecule has 6 nitrogen and oxygen atoms in total. The van der Waals surface area contributed by atoms with Gasteiger partial charge in [0.15, 0.2) is 0 Å². The van der Waals surface area contributed by atoms with Crippen molar-refractivity contribution in [3.8, 4) is 0 Å². The summed E-state index contributed by atoms with van der Waals surface area (Å²) in [6.45, 7) is 1.02. The van der Waals surface area contributed by atoms with Crippen LogP contribution >= 0.6 is 0 Å². The molecule has 0 radical (unpaired) electrons. The fourth-order valence-corrected chi connectivity index (χ4v) is 3.01. The highest BCUT2D eigenvalue weighted by molar-refractivity contribution is 5.95. The molecule has 2 aromatic carbocycles. The number of nitrogens with two attached hydrogens (primary N) is 1. The topological polar surface area (TPSA) is 88.6 Å². The van der Waals surface area contributed by atoms with Crippen LogP contribution in [0, 0.1) is 11.3 Å². The number of nitrogen functional groups attached to an aromatic ring is 1. The van der Waals surface area contributed by atoms with Crippen molar-refractivity contribution in [2.45, 2.75) is 12.6 Å². The Balaban J connectivity index is 1.84. The van der Waals surface area contributed by atoms with Gasteiger partial charge >= 0.3 is 5.97 Å². The molecule has 1 heterocycles. The third-order valence-corrected chi connectivity index (χ3v) is 4.26. The van der Waals surface area contributed by atoms with Gasteiger partial charge in [0, 0.05) is 18.7 Å². The van der Waals surface area contributed by atoms with E-state index in [-0.39, 0.29) is 11.8 Å². The normalized spacial score (nSPS) is 20.4. The van der Waals surface area contributed by atoms with E-state index < -0.39 is 12.0 Å². The fraction of sp³-hybridized carbons (Fsp3) is 0.263. The van der Waals surface area contributed by atoms with Crippen LogP contribution in [0.2, 0.25) is 0 Å². The van der Waals surface area contributed by atoms with Gasteiger partial charge in [-0.2, -0.15) is 5.06 Å². The molecule has 130 valence electrons. The second-order valence-electron chi connectivity index (χ2n) is 6.00. The smallest absolute Gasteiger partial charge is 0.313 e. The number of carbonyl (C=O) groups is 1. The van der Waals surface area contributed by atoms with Crippen LogP contribution in [0.5, 0.6) is 0 Å². The summed E-state index contributed by atoms with van der Waals surface area (Å²) in [7, 11) is 1.38. The van der Waals surface area contributed by atoms with Crippen LogP contribution in [0.25, 0.3) is 0 Å². The lowest BCUT2D eigenvalue weighted by atomic mass is 9.95. The Hall–Kier alpha value is -2.70. The number of methoxy groups -OCH3 is 1. The van der Waals surface area contributed by atoms with Crippen LogP contribution in [0.4, 0.5) is 0 Å². The SMILES string of the molecule is COC(=O)[C@H]1CN(Cc2ccccc2)O[C@@H]1c1cccc(C(=N)N)c1. The molecule has 0 bridgehead atoms. The van der Waals surface area contributed by atoms with Crippen LogP contribution in [0.15, 0.2) is 54.6 Å². The molecule has 3 N–H and O–H groups in total. The number of benzene rings is 2. The van der Waals surface area contributed by atoms with Crippen molar-refractivity contribution in [2.75, 3.05) is 13.7 Å².